The van der Waals surface area contributed by atoms with Crippen molar-refractivity contribution in [1.82, 2.24) is 5.43 Å². The zero-order chi connectivity index (χ0) is 20.9. The lowest BCUT2D eigenvalue weighted by Gasteiger charge is -2.22. The fourth-order valence-electron chi connectivity index (χ4n) is 2.65. The average molecular weight is 428 g/mol. The Morgan fingerprint density at radius 1 is 1.10 bits per heavy atom. The van der Waals surface area contributed by atoms with E-state index in [-0.39, 0.29) is 12.5 Å². The molecule has 0 aliphatic carbocycles. The molecule has 0 spiro atoms. The number of carbonyl (C=O) groups excluding carboxylic acids is 1. The molecule has 0 aliphatic rings. The van der Waals surface area contributed by atoms with Gasteiger partial charge >= 0.3 is 0 Å². The van der Waals surface area contributed by atoms with Gasteiger partial charge in [-0.25, -0.2) is 13.8 Å². The number of thiophene rings is 1. The van der Waals surface area contributed by atoms with Gasteiger partial charge in [0, 0.05) is 10.4 Å². The Bertz CT molecular complexity index is 1110. The van der Waals surface area contributed by atoms with Crippen molar-refractivity contribution < 1.29 is 13.2 Å². The molecule has 0 atom stereocenters. The molecule has 0 aliphatic heterocycles. The molecule has 0 saturated heterocycles. The van der Waals surface area contributed by atoms with E-state index in [1.54, 1.807) is 66.1 Å². The molecule has 0 bridgehead atoms. The summed E-state index contributed by atoms with van der Waals surface area (Å²) in [6.45, 7) is 2.16. The number of para-hydroxylation sites is 1. The minimum Gasteiger partial charge on any atom is -0.267 e. The van der Waals surface area contributed by atoms with Gasteiger partial charge in [0.05, 0.1) is 24.7 Å². The number of rotatable bonds is 7. The number of benzene rings is 2. The summed E-state index contributed by atoms with van der Waals surface area (Å²) in [4.78, 5) is 13.2. The van der Waals surface area contributed by atoms with E-state index in [0.717, 1.165) is 16.0 Å². The standard InChI is InChI=1S/C21H21N3O3S2/c1-16-12-13-28-20(16)14-22-23-21(25)18-10-8-17(9-11-18)15-24(29(2,26)27)19-6-4-3-5-7-19/h3-14H,15H2,1-2H3,(H,23,25)/b22-14-. The second-order valence-corrected chi connectivity index (χ2v) is 9.32. The van der Waals surface area contributed by atoms with Crippen LogP contribution in [0, 0.1) is 6.92 Å². The molecule has 8 heteroatoms. The summed E-state index contributed by atoms with van der Waals surface area (Å²) in [5, 5.41) is 5.96. The van der Waals surface area contributed by atoms with Gasteiger partial charge in [-0.2, -0.15) is 5.10 Å². The summed E-state index contributed by atoms with van der Waals surface area (Å²) < 4.78 is 25.7. The van der Waals surface area contributed by atoms with Gasteiger partial charge in [0.25, 0.3) is 5.91 Å². The van der Waals surface area contributed by atoms with Crippen LogP contribution in [0.1, 0.15) is 26.4 Å². The quantitative estimate of drug-likeness (QED) is 0.460. The molecule has 0 radical (unpaired) electrons. The van der Waals surface area contributed by atoms with Crippen molar-refractivity contribution in [3.05, 3.63) is 87.6 Å². The van der Waals surface area contributed by atoms with Gasteiger partial charge in [0.1, 0.15) is 0 Å². The normalized spacial score (nSPS) is 11.5. The Kier molecular flexibility index (Phi) is 6.46. The SMILES string of the molecule is Cc1ccsc1/C=N\NC(=O)c1ccc(CN(c2ccccc2)S(C)(=O)=O)cc1. The van der Waals surface area contributed by atoms with E-state index in [1.165, 1.54) is 10.6 Å². The number of anilines is 1. The van der Waals surface area contributed by atoms with Crippen molar-refractivity contribution >= 4 is 39.2 Å². The summed E-state index contributed by atoms with van der Waals surface area (Å²) in [7, 11) is -3.44. The maximum atomic E-state index is 12.2. The second kappa shape index (κ2) is 9.02. The number of sulfonamides is 1. The molecule has 6 nitrogen and oxygen atoms in total. The lowest BCUT2D eigenvalue weighted by molar-refractivity contribution is 0.0955. The number of hydrogen-bond acceptors (Lipinski definition) is 5. The Morgan fingerprint density at radius 3 is 2.38 bits per heavy atom. The topological polar surface area (TPSA) is 78.8 Å². The largest absolute Gasteiger partial charge is 0.271 e. The highest BCUT2D eigenvalue weighted by molar-refractivity contribution is 7.92. The number of aryl methyl sites for hydroxylation is 1. The highest BCUT2D eigenvalue weighted by atomic mass is 32.2. The van der Waals surface area contributed by atoms with Crippen LogP contribution in [-0.4, -0.2) is 26.8 Å². The zero-order valence-corrected chi connectivity index (χ0v) is 17.7. The van der Waals surface area contributed by atoms with E-state index in [0.29, 0.717) is 11.3 Å². The maximum absolute atomic E-state index is 12.2. The Hall–Kier alpha value is -2.97. The molecule has 3 rings (SSSR count). The molecule has 150 valence electrons. The monoisotopic (exact) mass is 427 g/mol. The number of carbonyl (C=O) groups is 1. The highest BCUT2D eigenvalue weighted by Gasteiger charge is 2.17. The Labute approximate surface area is 174 Å². The van der Waals surface area contributed by atoms with Gasteiger partial charge in [-0.1, -0.05) is 30.3 Å². The van der Waals surface area contributed by atoms with E-state index >= 15 is 0 Å². The summed E-state index contributed by atoms with van der Waals surface area (Å²) >= 11 is 1.55. The minimum absolute atomic E-state index is 0.181. The number of amides is 1. The van der Waals surface area contributed by atoms with Crippen LogP contribution in [0.25, 0.3) is 0 Å². The fraction of sp³-hybridized carbons (Fsp3) is 0.143. The van der Waals surface area contributed by atoms with Gasteiger partial charge in [0.15, 0.2) is 0 Å². The third-order valence-corrected chi connectivity index (χ3v) is 6.33. The molecule has 29 heavy (non-hydrogen) atoms. The summed E-state index contributed by atoms with van der Waals surface area (Å²) in [5.74, 6) is -0.329. The molecule has 1 N–H and O–H groups in total. The van der Waals surface area contributed by atoms with Crippen LogP contribution < -0.4 is 9.73 Å². The molecule has 0 unspecified atom stereocenters. The molecule has 1 amide bonds. The van der Waals surface area contributed by atoms with E-state index < -0.39 is 10.0 Å². The fourth-order valence-corrected chi connectivity index (χ4v) is 4.33. The van der Waals surface area contributed by atoms with Gasteiger partial charge in [-0.3, -0.25) is 9.10 Å². The smallest absolute Gasteiger partial charge is 0.267 e. The molecule has 2 aromatic carbocycles. The zero-order valence-electron chi connectivity index (χ0n) is 16.1. The van der Waals surface area contributed by atoms with Gasteiger partial charge < -0.3 is 0 Å². The molecule has 1 heterocycles. The molecule has 3 aromatic rings. The van der Waals surface area contributed by atoms with Crippen LogP contribution in [0.4, 0.5) is 5.69 Å². The van der Waals surface area contributed by atoms with Crippen molar-refractivity contribution in [2.75, 3.05) is 10.6 Å². The van der Waals surface area contributed by atoms with Crippen molar-refractivity contribution in [3.8, 4) is 0 Å². The van der Waals surface area contributed by atoms with Crippen LogP contribution in [0.3, 0.4) is 0 Å². The van der Waals surface area contributed by atoms with Crippen molar-refractivity contribution in [2.45, 2.75) is 13.5 Å². The molecular formula is C21H21N3O3S2. The van der Waals surface area contributed by atoms with Crippen LogP contribution in [0.5, 0.6) is 0 Å². The lowest BCUT2D eigenvalue weighted by Crippen LogP contribution is -2.29. The van der Waals surface area contributed by atoms with Gasteiger partial charge in [-0.15, -0.1) is 11.3 Å². The first-order chi connectivity index (χ1) is 13.8. The van der Waals surface area contributed by atoms with Crippen LogP contribution in [-0.2, 0) is 16.6 Å². The molecule has 1 aromatic heterocycles. The first kappa shape index (κ1) is 20.8. The second-order valence-electron chi connectivity index (χ2n) is 6.47. The van der Waals surface area contributed by atoms with E-state index in [2.05, 4.69) is 10.5 Å². The van der Waals surface area contributed by atoms with Crippen molar-refractivity contribution in [1.29, 1.82) is 0 Å². The predicted octanol–water partition coefficient (Wildman–Crippen LogP) is 3.79. The molecule has 0 fully saturated rings. The molecular weight excluding hydrogens is 406 g/mol. The van der Waals surface area contributed by atoms with Crippen LogP contribution in [0.2, 0.25) is 0 Å². The van der Waals surface area contributed by atoms with E-state index in [1.807, 2.05) is 24.4 Å². The first-order valence-electron chi connectivity index (χ1n) is 8.84. The summed E-state index contributed by atoms with van der Waals surface area (Å²) in [5.41, 5.74) is 5.42. The number of hydrogen-bond donors (Lipinski definition) is 1. The van der Waals surface area contributed by atoms with Crippen LogP contribution in [0.15, 0.2) is 71.1 Å². The minimum atomic E-state index is -3.44. The highest BCUT2D eigenvalue weighted by Crippen LogP contribution is 2.20. The number of nitrogens with one attached hydrogen (secondary N) is 1. The first-order valence-corrected chi connectivity index (χ1v) is 11.6. The summed E-state index contributed by atoms with van der Waals surface area (Å²) in [6.07, 6.45) is 2.80. The van der Waals surface area contributed by atoms with Crippen LogP contribution >= 0.6 is 11.3 Å². The third kappa shape index (κ3) is 5.52. The van der Waals surface area contributed by atoms with Gasteiger partial charge in [-0.05, 0) is 53.8 Å². The Morgan fingerprint density at radius 2 is 1.79 bits per heavy atom. The molecule has 0 saturated carbocycles. The average Bonchev–Trinajstić information content (AvgIpc) is 3.11. The maximum Gasteiger partial charge on any atom is 0.271 e. The lowest BCUT2D eigenvalue weighted by atomic mass is 10.1. The van der Waals surface area contributed by atoms with Gasteiger partial charge in [0.2, 0.25) is 10.0 Å². The van der Waals surface area contributed by atoms with Crippen molar-refractivity contribution in [2.24, 2.45) is 5.10 Å². The summed E-state index contributed by atoms with van der Waals surface area (Å²) in [6, 6.07) is 17.7. The van der Waals surface area contributed by atoms with Crippen molar-refractivity contribution in [3.63, 3.8) is 0 Å². The third-order valence-electron chi connectivity index (χ3n) is 4.24. The van der Waals surface area contributed by atoms with E-state index in [4.69, 9.17) is 0 Å². The van der Waals surface area contributed by atoms with E-state index in [9.17, 15) is 13.2 Å². The Balaban J connectivity index is 1.68. The predicted molar refractivity (Wildman–Crippen MR) is 118 cm³/mol. The number of nitrogens with zero attached hydrogens (tertiary/aromatic N) is 2. The number of hydrazone groups is 1.